The number of aromatic nitrogens is 4. The van der Waals surface area contributed by atoms with Gasteiger partial charge in [0.25, 0.3) is 5.91 Å². The van der Waals surface area contributed by atoms with Gasteiger partial charge in [0.05, 0.1) is 17.6 Å². The smallest absolute Gasteiger partial charge is 0.263 e. The molecular weight excluding hydrogens is 344 g/mol. The Bertz CT molecular complexity index is 977. The van der Waals surface area contributed by atoms with Crippen molar-refractivity contribution in [3.05, 3.63) is 42.0 Å². The van der Waals surface area contributed by atoms with Gasteiger partial charge < -0.3 is 21.3 Å². The van der Waals surface area contributed by atoms with Crippen molar-refractivity contribution in [2.45, 2.75) is 19.4 Å². The number of pyridine rings is 1. The predicted molar refractivity (Wildman–Crippen MR) is 104 cm³/mol. The third kappa shape index (κ3) is 3.28. The zero-order valence-corrected chi connectivity index (χ0v) is 15.1. The van der Waals surface area contributed by atoms with Crippen LogP contribution in [0.5, 0.6) is 0 Å². The minimum atomic E-state index is -0.343. The third-order valence-corrected chi connectivity index (χ3v) is 4.65. The van der Waals surface area contributed by atoms with Crippen molar-refractivity contribution in [3.63, 3.8) is 0 Å². The van der Waals surface area contributed by atoms with Crippen molar-refractivity contribution < 1.29 is 4.79 Å². The summed E-state index contributed by atoms with van der Waals surface area (Å²) >= 11 is 0. The first-order valence-electron chi connectivity index (χ1n) is 8.95. The number of nitrogens with two attached hydrogens (primary N) is 1. The van der Waals surface area contributed by atoms with E-state index in [-0.39, 0.29) is 17.3 Å². The Morgan fingerprint density at radius 2 is 2.11 bits per heavy atom. The Hall–Kier alpha value is -3.20. The standard InChI is InChI=1S/C18H22N8O/c1-20-8-12-9-22-17-15(16(19)24-26(17)11-12)18(27)23-13-10-21-5-4-14(13)25-6-2-3-7-25/h4-5,9-11,20H,2-3,6-8H2,1H3,(H2,19,24)(H,23,27). The van der Waals surface area contributed by atoms with Gasteiger partial charge in [0.2, 0.25) is 0 Å². The van der Waals surface area contributed by atoms with E-state index in [0.717, 1.165) is 37.2 Å². The van der Waals surface area contributed by atoms with E-state index in [1.54, 1.807) is 23.1 Å². The molecule has 0 saturated carbocycles. The average Bonchev–Trinajstić information content (AvgIpc) is 3.29. The molecule has 0 radical (unpaired) electrons. The van der Waals surface area contributed by atoms with Crippen LogP contribution in [0, 0.1) is 0 Å². The molecule has 0 atom stereocenters. The van der Waals surface area contributed by atoms with Gasteiger partial charge in [0.1, 0.15) is 5.56 Å². The lowest BCUT2D eigenvalue weighted by molar-refractivity contribution is 0.102. The molecule has 140 valence electrons. The van der Waals surface area contributed by atoms with Crippen molar-refractivity contribution in [3.8, 4) is 0 Å². The topological polar surface area (TPSA) is 113 Å². The zero-order valence-electron chi connectivity index (χ0n) is 15.1. The van der Waals surface area contributed by atoms with Gasteiger partial charge in [-0.3, -0.25) is 9.78 Å². The number of rotatable bonds is 5. The van der Waals surface area contributed by atoms with Crippen LogP contribution in [-0.2, 0) is 6.54 Å². The normalized spacial score (nSPS) is 14.0. The predicted octanol–water partition coefficient (Wildman–Crippen LogP) is 1.28. The molecule has 0 aliphatic carbocycles. The first-order valence-corrected chi connectivity index (χ1v) is 8.95. The summed E-state index contributed by atoms with van der Waals surface area (Å²) in [5.74, 6) is -0.196. The number of carbonyl (C=O) groups is 1. The summed E-state index contributed by atoms with van der Waals surface area (Å²) in [4.78, 5) is 23.7. The van der Waals surface area contributed by atoms with E-state index in [1.807, 2.05) is 19.3 Å². The van der Waals surface area contributed by atoms with E-state index in [1.165, 1.54) is 0 Å². The van der Waals surface area contributed by atoms with Crippen LogP contribution in [0.1, 0.15) is 28.8 Å². The summed E-state index contributed by atoms with van der Waals surface area (Å²) in [5.41, 5.74) is 9.29. The van der Waals surface area contributed by atoms with Crippen LogP contribution in [-0.4, -0.2) is 45.6 Å². The number of nitrogens with zero attached hydrogens (tertiary/aromatic N) is 5. The largest absolute Gasteiger partial charge is 0.381 e. The molecule has 0 aromatic carbocycles. The minimum Gasteiger partial charge on any atom is -0.381 e. The maximum absolute atomic E-state index is 12.9. The van der Waals surface area contributed by atoms with E-state index >= 15 is 0 Å². The molecular formula is C18H22N8O. The lowest BCUT2D eigenvalue weighted by Crippen LogP contribution is -2.21. The second kappa shape index (κ2) is 7.20. The average molecular weight is 366 g/mol. The van der Waals surface area contributed by atoms with Gasteiger partial charge in [-0.05, 0) is 26.0 Å². The number of amides is 1. The van der Waals surface area contributed by atoms with Gasteiger partial charge in [-0.25, -0.2) is 9.50 Å². The highest BCUT2D eigenvalue weighted by atomic mass is 16.1. The fraction of sp³-hybridized carbons (Fsp3) is 0.333. The lowest BCUT2D eigenvalue weighted by Gasteiger charge is -2.21. The number of anilines is 3. The third-order valence-electron chi connectivity index (χ3n) is 4.65. The Kier molecular flexibility index (Phi) is 4.59. The zero-order chi connectivity index (χ0) is 18.8. The van der Waals surface area contributed by atoms with Crippen molar-refractivity contribution >= 4 is 28.7 Å². The van der Waals surface area contributed by atoms with E-state index in [0.29, 0.717) is 17.9 Å². The Morgan fingerprint density at radius 1 is 1.30 bits per heavy atom. The van der Waals surface area contributed by atoms with Crippen LogP contribution in [0.25, 0.3) is 5.65 Å². The van der Waals surface area contributed by atoms with Crippen LogP contribution in [0.15, 0.2) is 30.9 Å². The first kappa shape index (κ1) is 17.2. The molecule has 1 aliphatic heterocycles. The van der Waals surface area contributed by atoms with Crippen molar-refractivity contribution in [1.29, 1.82) is 0 Å². The highest BCUT2D eigenvalue weighted by Gasteiger charge is 2.22. The van der Waals surface area contributed by atoms with Crippen LogP contribution in [0.2, 0.25) is 0 Å². The summed E-state index contributed by atoms with van der Waals surface area (Å²) in [5, 5.41) is 10.2. The fourth-order valence-corrected chi connectivity index (χ4v) is 3.41. The van der Waals surface area contributed by atoms with Gasteiger partial charge in [0, 0.05) is 43.8 Å². The van der Waals surface area contributed by atoms with Gasteiger partial charge in [0.15, 0.2) is 11.5 Å². The molecule has 0 bridgehead atoms. The lowest BCUT2D eigenvalue weighted by atomic mass is 10.2. The van der Waals surface area contributed by atoms with Crippen LogP contribution >= 0.6 is 0 Å². The molecule has 4 N–H and O–H groups in total. The van der Waals surface area contributed by atoms with Crippen molar-refractivity contribution in [2.24, 2.45) is 0 Å². The molecule has 1 saturated heterocycles. The number of fused-ring (bicyclic) bond motifs is 1. The van der Waals surface area contributed by atoms with E-state index in [4.69, 9.17) is 5.73 Å². The monoisotopic (exact) mass is 366 g/mol. The van der Waals surface area contributed by atoms with Crippen molar-refractivity contribution in [1.82, 2.24) is 24.9 Å². The number of nitrogens with one attached hydrogen (secondary N) is 2. The maximum Gasteiger partial charge on any atom is 0.263 e. The number of hydrogen-bond donors (Lipinski definition) is 3. The van der Waals surface area contributed by atoms with Crippen molar-refractivity contribution in [2.75, 3.05) is 36.1 Å². The molecule has 9 heteroatoms. The number of hydrogen-bond acceptors (Lipinski definition) is 7. The molecule has 0 unspecified atom stereocenters. The molecule has 27 heavy (non-hydrogen) atoms. The summed E-state index contributed by atoms with van der Waals surface area (Å²) in [7, 11) is 1.85. The maximum atomic E-state index is 12.9. The summed E-state index contributed by atoms with van der Waals surface area (Å²) in [6, 6.07) is 1.92. The Balaban J connectivity index is 1.65. The molecule has 4 rings (SSSR count). The first-order chi connectivity index (χ1) is 13.2. The minimum absolute atomic E-state index is 0.147. The quantitative estimate of drug-likeness (QED) is 0.623. The molecule has 3 aromatic heterocycles. The van der Waals surface area contributed by atoms with Crippen LogP contribution in [0.3, 0.4) is 0 Å². The van der Waals surface area contributed by atoms with Gasteiger partial charge in [-0.15, -0.1) is 5.10 Å². The molecule has 1 aliphatic rings. The molecule has 1 fully saturated rings. The molecule has 1 amide bonds. The van der Waals surface area contributed by atoms with E-state index < -0.39 is 0 Å². The molecule has 9 nitrogen and oxygen atoms in total. The SMILES string of the molecule is CNCc1cnc2c(C(=O)Nc3cnccc3N3CCCC3)c(N)nn2c1. The van der Waals surface area contributed by atoms with Gasteiger partial charge >= 0.3 is 0 Å². The number of carbonyl (C=O) groups excluding carboxylic acids is 1. The molecule has 0 spiro atoms. The van der Waals surface area contributed by atoms with E-state index in [9.17, 15) is 4.79 Å². The van der Waals surface area contributed by atoms with Crippen LogP contribution in [0.4, 0.5) is 17.2 Å². The fourth-order valence-electron chi connectivity index (χ4n) is 3.41. The summed E-state index contributed by atoms with van der Waals surface area (Å²) < 4.78 is 1.54. The van der Waals surface area contributed by atoms with Gasteiger partial charge in [-0.2, -0.15) is 0 Å². The van der Waals surface area contributed by atoms with E-state index in [2.05, 4.69) is 30.6 Å². The highest BCUT2D eigenvalue weighted by Crippen LogP contribution is 2.29. The Morgan fingerprint density at radius 3 is 2.89 bits per heavy atom. The second-order valence-corrected chi connectivity index (χ2v) is 6.56. The second-order valence-electron chi connectivity index (χ2n) is 6.56. The van der Waals surface area contributed by atoms with Gasteiger partial charge in [-0.1, -0.05) is 0 Å². The number of nitrogen functional groups attached to an aromatic ring is 1. The highest BCUT2D eigenvalue weighted by molar-refractivity contribution is 6.12. The molecule has 3 aromatic rings. The van der Waals surface area contributed by atoms with Crippen LogP contribution < -0.4 is 21.3 Å². The summed E-state index contributed by atoms with van der Waals surface area (Å²) in [6.07, 6.45) is 9.21. The summed E-state index contributed by atoms with van der Waals surface area (Å²) in [6.45, 7) is 2.60. The molecule has 4 heterocycles. The Labute approximate surface area is 156 Å².